The molecule has 0 heterocycles. The molecule has 4 heteroatoms. The van der Waals surface area contributed by atoms with Crippen molar-refractivity contribution >= 4 is 6.79 Å². The molecule has 7 heavy (non-hydrogen) atoms. The second kappa shape index (κ2) is 98.3. The van der Waals surface area contributed by atoms with Gasteiger partial charge in [-0.25, -0.2) is 0 Å². The summed E-state index contributed by atoms with van der Waals surface area (Å²) in [5, 5.41) is 0. The van der Waals surface area contributed by atoms with Crippen LogP contribution in [0.1, 0.15) is 0 Å². The summed E-state index contributed by atoms with van der Waals surface area (Å²) in [6.07, 6.45) is 0. The predicted octanol–water partition coefficient (Wildman–Crippen LogP) is 0.621. The minimum Gasteiger partial charge on any atom is -0.545 e. The second-order valence-electron chi connectivity index (χ2n) is 0. The van der Waals surface area contributed by atoms with Crippen molar-refractivity contribution in [1.29, 1.82) is 0 Å². The van der Waals surface area contributed by atoms with E-state index in [0.717, 1.165) is 0 Å². The molecule has 0 aliphatic carbocycles. The summed E-state index contributed by atoms with van der Waals surface area (Å²) < 4.78 is 0. The van der Waals surface area contributed by atoms with E-state index < -0.39 is 0 Å². The molecule has 0 aromatic rings. The van der Waals surface area contributed by atoms with Crippen molar-refractivity contribution in [2.75, 3.05) is 0 Å². The van der Waals surface area contributed by atoms with Gasteiger partial charge in [0.15, 0.2) is 0 Å². The van der Waals surface area contributed by atoms with Crippen molar-refractivity contribution in [3.05, 3.63) is 14.9 Å². The van der Waals surface area contributed by atoms with Crippen molar-refractivity contribution < 1.29 is 75.5 Å². The normalized spacial score (nSPS) is 0.571. The minimum absolute atomic E-state index is 0. The molecule has 0 bridgehead atoms. The monoisotopic (exact) mass is 532 g/mol. The Bertz CT molecular complexity index is 14.9. The molecule has 0 aliphatic heterocycles. The van der Waals surface area contributed by atoms with Crippen LogP contribution in [0.2, 0.25) is 0 Å². The SMILES string of the molecule is [CH-]=O.[CH3-].[CH3-].[U].[V+2].[W]. The molecular weight excluding hydrogens is 525 g/mol. The van der Waals surface area contributed by atoms with E-state index in [4.69, 9.17) is 4.79 Å². The molecule has 1 radical (unpaired) electrons. The third-order valence-electron chi connectivity index (χ3n) is 0. The van der Waals surface area contributed by atoms with Gasteiger partial charge in [0.25, 0.3) is 0 Å². The predicted molar refractivity (Wildman–Crippen MR) is 19.6 cm³/mol. The summed E-state index contributed by atoms with van der Waals surface area (Å²) in [5.41, 5.74) is 0. The fourth-order valence-corrected chi connectivity index (χ4v) is 0. The topological polar surface area (TPSA) is 17.1 Å². The summed E-state index contributed by atoms with van der Waals surface area (Å²) in [6.45, 7) is 3.25. The van der Waals surface area contributed by atoms with E-state index in [0.29, 0.717) is 0 Å². The van der Waals surface area contributed by atoms with Crippen LogP contribution in [0.25, 0.3) is 0 Å². The number of rotatable bonds is 0. The first-order valence-corrected chi connectivity index (χ1v) is 0.236. The summed E-state index contributed by atoms with van der Waals surface area (Å²) in [4.78, 5) is 7.75. The van der Waals surface area contributed by atoms with Crippen LogP contribution in [-0.2, 0) is 44.4 Å². The van der Waals surface area contributed by atoms with E-state index in [-0.39, 0.29) is 85.6 Å². The third kappa shape index (κ3) is 72.2. The second-order valence-corrected chi connectivity index (χ2v) is 0. The molecule has 0 fully saturated rings. The fraction of sp³-hybridized carbons (Fsp3) is 0. The van der Waals surface area contributed by atoms with Gasteiger partial charge < -0.3 is 19.6 Å². The van der Waals surface area contributed by atoms with Crippen LogP contribution in [0.15, 0.2) is 0 Å². The molecular formula is C3H7OUVW-. The Kier molecular flexibility index (Phi) is 900. The van der Waals surface area contributed by atoms with Gasteiger partial charge in [-0.1, -0.05) is 0 Å². The van der Waals surface area contributed by atoms with E-state index in [2.05, 4.69) is 6.79 Å². The van der Waals surface area contributed by atoms with Crippen LogP contribution in [0.3, 0.4) is 0 Å². The molecule has 0 spiro atoms. The smallest absolute Gasteiger partial charge is 0.545 e. The minimum atomic E-state index is 0. The van der Waals surface area contributed by atoms with Gasteiger partial charge in [0.05, 0.1) is 0 Å². The summed E-state index contributed by atoms with van der Waals surface area (Å²) in [5.74, 6) is 0. The maximum absolute atomic E-state index is 7.75. The van der Waals surface area contributed by atoms with Gasteiger partial charge in [0.2, 0.25) is 0 Å². The van der Waals surface area contributed by atoms with Gasteiger partial charge in [-0.2, -0.15) is 0 Å². The average molecular weight is 532 g/mol. The molecule has 0 N–H and O–H groups in total. The fourth-order valence-electron chi connectivity index (χ4n) is 0. The molecule has 41 valence electrons. The van der Waals surface area contributed by atoms with Crippen LogP contribution in [0.4, 0.5) is 0 Å². The Hall–Kier alpha value is 1.99. The van der Waals surface area contributed by atoms with Gasteiger partial charge in [-0.05, 0) is 0 Å². The van der Waals surface area contributed by atoms with Crippen molar-refractivity contribution in [3.63, 3.8) is 0 Å². The zero-order valence-corrected chi connectivity index (χ0v) is 12.8. The Morgan fingerprint density at radius 1 is 1.00 bits per heavy atom. The molecule has 0 rings (SSSR count). The number of hydrogen-bond acceptors (Lipinski definition) is 1. The Balaban J connectivity index is -0.000000000500. The van der Waals surface area contributed by atoms with E-state index in [1.54, 1.807) is 0 Å². The van der Waals surface area contributed by atoms with Crippen LogP contribution in [0.5, 0.6) is 0 Å². The van der Waals surface area contributed by atoms with Gasteiger partial charge in [0, 0.05) is 52.2 Å². The maximum Gasteiger partial charge on any atom is 2.00 e. The van der Waals surface area contributed by atoms with Crippen molar-refractivity contribution in [2.24, 2.45) is 0 Å². The van der Waals surface area contributed by atoms with Gasteiger partial charge in [-0.15, -0.1) is 0 Å². The molecule has 0 aromatic carbocycles. The third-order valence-corrected chi connectivity index (χ3v) is 0. The zero-order chi connectivity index (χ0) is 2.00. The zero-order valence-electron chi connectivity index (χ0n) is 4.34. The Labute approximate surface area is 95.9 Å². The van der Waals surface area contributed by atoms with Gasteiger partial charge in [0.1, 0.15) is 0 Å². The van der Waals surface area contributed by atoms with Crippen molar-refractivity contribution in [3.8, 4) is 0 Å². The molecule has 0 saturated heterocycles. The van der Waals surface area contributed by atoms with Crippen LogP contribution in [-0.4, -0.2) is 6.79 Å². The van der Waals surface area contributed by atoms with E-state index in [1.807, 2.05) is 0 Å². The maximum atomic E-state index is 7.75. The first kappa shape index (κ1) is 64.1. The summed E-state index contributed by atoms with van der Waals surface area (Å²) in [6, 6.07) is 0. The average Bonchev–Trinajstić information content (AvgIpc) is 1.00. The first-order valence-electron chi connectivity index (χ1n) is 0.236. The van der Waals surface area contributed by atoms with Crippen LogP contribution < -0.4 is 0 Å². The van der Waals surface area contributed by atoms with Crippen LogP contribution in [0, 0.1) is 46.0 Å². The Morgan fingerprint density at radius 2 is 1.00 bits per heavy atom. The quantitative estimate of drug-likeness (QED) is 0.331. The molecule has 0 amide bonds. The summed E-state index contributed by atoms with van der Waals surface area (Å²) >= 11 is 0. The molecule has 0 saturated carbocycles. The molecule has 0 aliphatic rings. The Morgan fingerprint density at radius 3 is 1.00 bits per heavy atom. The van der Waals surface area contributed by atoms with E-state index >= 15 is 0 Å². The molecule has 1 nitrogen and oxygen atoms in total. The van der Waals surface area contributed by atoms with Crippen molar-refractivity contribution in [1.82, 2.24) is 0 Å². The van der Waals surface area contributed by atoms with E-state index in [9.17, 15) is 0 Å². The summed E-state index contributed by atoms with van der Waals surface area (Å²) in [7, 11) is 0. The van der Waals surface area contributed by atoms with E-state index in [1.165, 1.54) is 0 Å². The van der Waals surface area contributed by atoms with Gasteiger partial charge in [-0.3, -0.25) is 6.79 Å². The first-order chi connectivity index (χ1) is 1.00. The molecule has 0 aromatic heterocycles. The number of carbonyl (C=O) groups excluding carboxylic acids is 1. The standard InChI is InChI=1S/CHO.2CH3.U.V.W/c1-2;;;;;/h1H;2*1H3;;;/q3*-1;;+2;. The van der Waals surface area contributed by atoms with Crippen LogP contribution >= 0.6 is 0 Å². The largest absolute Gasteiger partial charge is 2.00 e. The van der Waals surface area contributed by atoms with Crippen molar-refractivity contribution in [2.45, 2.75) is 0 Å². The molecule has 0 unspecified atom stereocenters. The number of hydrogen-bond donors (Lipinski definition) is 0. The van der Waals surface area contributed by atoms with Gasteiger partial charge >= 0.3 is 18.6 Å². The molecule has 0 atom stereocenters.